The highest BCUT2D eigenvalue weighted by Gasteiger charge is 2.09. The first kappa shape index (κ1) is 13.8. The van der Waals surface area contributed by atoms with E-state index >= 15 is 0 Å². The van der Waals surface area contributed by atoms with Crippen LogP contribution in [0.4, 0.5) is 0 Å². The van der Waals surface area contributed by atoms with Crippen molar-refractivity contribution in [1.82, 2.24) is 4.98 Å². The lowest BCUT2D eigenvalue weighted by Crippen LogP contribution is -1.92. The lowest BCUT2D eigenvalue weighted by atomic mass is 10.1. The molecule has 3 aromatic rings. The van der Waals surface area contributed by atoms with Gasteiger partial charge in [-0.05, 0) is 46.1 Å². The molecule has 0 aliphatic carbocycles. The van der Waals surface area contributed by atoms with Gasteiger partial charge in [0.05, 0.1) is 4.47 Å². The molecule has 104 valence electrons. The van der Waals surface area contributed by atoms with Gasteiger partial charge in [0.15, 0.2) is 0 Å². The van der Waals surface area contributed by atoms with Gasteiger partial charge in [0, 0.05) is 11.8 Å². The predicted molar refractivity (Wildman–Crippen MR) is 88.6 cm³/mol. The summed E-state index contributed by atoms with van der Waals surface area (Å²) in [6.45, 7) is 2.00. The van der Waals surface area contributed by atoms with E-state index in [4.69, 9.17) is 4.74 Å². The Morgan fingerprint density at radius 2 is 1.67 bits per heavy atom. The number of hydrogen-bond acceptors (Lipinski definition) is 2. The summed E-state index contributed by atoms with van der Waals surface area (Å²) in [5, 5.41) is 0. The maximum Gasteiger partial charge on any atom is 0.233 e. The van der Waals surface area contributed by atoms with Crippen molar-refractivity contribution in [2.75, 3.05) is 0 Å². The Hall–Kier alpha value is -2.13. The van der Waals surface area contributed by atoms with Gasteiger partial charge in [0.2, 0.25) is 5.88 Å². The number of aryl methyl sites for hydroxylation is 1. The summed E-state index contributed by atoms with van der Waals surface area (Å²) in [7, 11) is 0. The Bertz CT molecular complexity index is 756. The average molecular weight is 340 g/mol. The van der Waals surface area contributed by atoms with E-state index in [1.54, 1.807) is 6.20 Å². The fourth-order valence-corrected chi connectivity index (χ4v) is 2.66. The maximum absolute atomic E-state index is 5.99. The quantitative estimate of drug-likeness (QED) is 0.618. The van der Waals surface area contributed by atoms with Crippen LogP contribution in [-0.2, 0) is 0 Å². The molecule has 3 rings (SSSR count). The van der Waals surface area contributed by atoms with Crippen molar-refractivity contribution in [3.8, 4) is 22.8 Å². The third kappa shape index (κ3) is 3.14. The molecular formula is C18H14BrNO. The number of para-hydroxylation sites is 1. The van der Waals surface area contributed by atoms with Crippen molar-refractivity contribution >= 4 is 15.9 Å². The molecule has 2 nitrogen and oxygen atoms in total. The van der Waals surface area contributed by atoms with E-state index in [9.17, 15) is 0 Å². The molecule has 0 bridgehead atoms. The third-order valence-corrected chi connectivity index (χ3v) is 3.69. The van der Waals surface area contributed by atoms with Gasteiger partial charge in [0.25, 0.3) is 0 Å². The van der Waals surface area contributed by atoms with E-state index < -0.39 is 0 Å². The van der Waals surface area contributed by atoms with E-state index in [0.29, 0.717) is 5.88 Å². The predicted octanol–water partition coefficient (Wildman–Crippen LogP) is 5.61. The minimum Gasteiger partial charge on any atom is -0.437 e. The van der Waals surface area contributed by atoms with Crippen LogP contribution in [0.3, 0.4) is 0 Å². The highest BCUT2D eigenvalue weighted by molar-refractivity contribution is 9.10. The van der Waals surface area contributed by atoms with Crippen LogP contribution in [0.15, 0.2) is 71.3 Å². The first-order chi connectivity index (χ1) is 10.2. The van der Waals surface area contributed by atoms with Gasteiger partial charge < -0.3 is 4.74 Å². The van der Waals surface area contributed by atoms with Crippen LogP contribution in [0.1, 0.15) is 5.56 Å². The first-order valence-corrected chi connectivity index (χ1v) is 7.48. The molecule has 1 heterocycles. The molecule has 0 amide bonds. The van der Waals surface area contributed by atoms with Gasteiger partial charge in [-0.3, -0.25) is 0 Å². The minimum atomic E-state index is 0.573. The molecule has 0 radical (unpaired) electrons. The van der Waals surface area contributed by atoms with Crippen molar-refractivity contribution < 1.29 is 4.74 Å². The number of rotatable bonds is 3. The van der Waals surface area contributed by atoms with Crippen LogP contribution < -0.4 is 4.74 Å². The van der Waals surface area contributed by atoms with Gasteiger partial charge in [0.1, 0.15) is 5.75 Å². The van der Waals surface area contributed by atoms with Gasteiger partial charge in [-0.25, -0.2) is 4.98 Å². The molecule has 0 saturated carbocycles. The van der Waals surface area contributed by atoms with E-state index in [2.05, 4.69) is 33.0 Å². The zero-order valence-electron chi connectivity index (χ0n) is 11.6. The van der Waals surface area contributed by atoms with Crippen molar-refractivity contribution in [1.29, 1.82) is 0 Å². The van der Waals surface area contributed by atoms with Crippen molar-refractivity contribution in [2.45, 2.75) is 6.92 Å². The van der Waals surface area contributed by atoms with E-state index in [0.717, 1.165) is 26.9 Å². The second kappa shape index (κ2) is 6.10. The first-order valence-electron chi connectivity index (χ1n) is 6.68. The molecular weight excluding hydrogens is 326 g/mol. The van der Waals surface area contributed by atoms with Crippen LogP contribution in [0.25, 0.3) is 11.1 Å². The summed E-state index contributed by atoms with van der Waals surface area (Å²) >= 11 is 3.50. The van der Waals surface area contributed by atoms with Crippen molar-refractivity contribution in [2.24, 2.45) is 0 Å². The summed E-state index contributed by atoms with van der Waals surface area (Å²) in [5.74, 6) is 1.37. The Labute approximate surface area is 132 Å². The molecule has 2 aromatic carbocycles. The summed E-state index contributed by atoms with van der Waals surface area (Å²) in [6, 6.07) is 20.1. The molecule has 0 fully saturated rings. The van der Waals surface area contributed by atoms with Gasteiger partial charge in [-0.2, -0.15) is 0 Å². The molecule has 0 aliphatic heterocycles. The second-order valence-electron chi connectivity index (χ2n) is 4.76. The molecule has 0 spiro atoms. The Kier molecular flexibility index (Phi) is 4.02. The summed E-state index contributed by atoms with van der Waals surface area (Å²) in [4.78, 5) is 4.34. The van der Waals surface area contributed by atoms with Crippen LogP contribution in [0.5, 0.6) is 11.6 Å². The van der Waals surface area contributed by atoms with E-state index in [-0.39, 0.29) is 0 Å². The van der Waals surface area contributed by atoms with Crippen LogP contribution >= 0.6 is 15.9 Å². The number of aromatic nitrogens is 1. The van der Waals surface area contributed by atoms with Crippen LogP contribution in [0, 0.1) is 6.92 Å². The zero-order valence-corrected chi connectivity index (χ0v) is 13.2. The van der Waals surface area contributed by atoms with E-state index in [1.807, 2.05) is 55.5 Å². The van der Waals surface area contributed by atoms with Crippen molar-refractivity contribution in [3.05, 3.63) is 76.9 Å². The Morgan fingerprint density at radius 3 is 2.43 bits per heavy atom. The number of ether oxygens (including phenoxy) is 1. The maximum atomic E-state index is 5.99. The third-order valence-electron chi connectivity index (χ3n) is 3.12. The number of halogens is 1. The highest BCUT2D eigenvalue weighted by atomic mass is 79.9. The van der Waals surface area contributed by atoms with Crippen molar-refractivity contribution in [3.63, 3.8) is 0 Å². The minimum absolute atomic E-state index is 0.573. The lowest BCUT2D eigenvalue weighted by Gasteiger charge is -2.11. The molecule has 3 heteroatoms. The normalized spacial score (nSPS) is 10.4. The number of pyridine rings is 1. The van der Waals surface area contributed by atoms with Crippen LogP contribution in [-0.4, -0.2) is 4.98 Å². The largest absolute Gasteiger partial charge is 0.437 e. The Balaban J connectivity index is 2.00. The summed E-state index contributed by atoms with van der Waals surface area (Å²) in [5.41, 5.74) is 3.26. The SMILES string of the molecule is Cc1cnc(Oc2ccccc2-c2ccccc2)c(Br)c1. The molecule has 1 aromatic heterocycles. The Morgan fingerprint density at radius 1 is 0.952 bits per heavy atom. The topological polar surface area (TPSA) is 22.1 Å². The molecule has 0 N–H and O–H groups in total. The standard InChI is InChI=1S/C18H14BrNO/c1-13-11-16(19)18(20-12-13)21-17-10-6-5-9-15(17)14-7-3-2-4-8-14/h2-12H,1H3. The second-order valence-corrected chi connectivity index (χ2v) is 5.62. The fourth-order valence-electron chi connectivity index (χ4n) is 2.11. The zero-order chi connectivity index (χ0) is 14.7. The molecule has 0 aliphatic rings. The average Bonchev–Trinajstić information content (AvgIpc) is 2.51. The monoisotopic (exact) mass is 339 g/mol. The van der Waals surface area contributed by atoms with Gasteiger partial charge in [-0.15, -0.1) is 0 Å². The highest BCUT2D eigenvalue weighted by Crippen LogP contribution is 2.34. The number of nitrogens with zero attached hydrogens (tertiary/aromatic N) is 1. The molecule has 0 atom stereocenters. The smallest absolute Gasteiger partial charge is 0.233 e. The van der Waals surface area contributed by atoms with Gasteiger partial charge >= 0.3 is 0 Å². The van der Waals surface area contributed by atoms with E-state index in [1.165, 1.54) is 0 Å². The van der Waals surface area contributed by atoms with Crippen LogP contribution in [0.2, 0.25) is 0 Å². The lowest BCUT2D eigenvalue weighted by molar-refractivity contribution is 0.461. The molecule has 0 saturated heterocycles. The van der Waals surface area contributed by atoms with Gasteiger partial charge in [-0.1, -0.05) is 48.5 Å². The summed E-state index contributed by atoms with van der Waals surface area (Å²) in [6.07, 6.45) is 1.80. The molecule has 0 unspecified atom stereocenters. The fraction of sp³-hybridized carbons (Fsp3) is 0.0556. The number of hydrogen-bond donors (Lipinski definition) is 0. The number of benzene rings is 2. The summed E-state index contributed by atoms with van der Waals surface area (Å²) < 4.78 is 6.84. The molecule has 21 heavy (non-hydrogen) atoms.